The minimum atomic E-state index is -1.25. The maximum atomic E-state index is 12.9. The van der Waals surface area contributed by atoms with Gasteiger partial charge in [-0.2, -0.15) is 4.99 Å². The average molecular weight is 343 g/mol. The van der Waals surface area contributed by atoms with E-state index in [2.05, 4.69) is 20.3 Å². The van der Waals surface area contributed by atoms with Crippen molar-refractivity contribution in [2.75, 3.05) is 0 Å². The Morgan fingerprint density at radius 3 is 2.96 bits per heavy atom. The van der Waals surface area contributed by atoms with E-state index in [1.54, 1.807) is 36.3 Å². The van der Waals surface area contributed by atoms with Gasteiger partial charge in [0.15, 0.2) is 0 Å². The summed E-state index contributed by atoms with van der Waals surface area (Å²) in [5.74, 6) is -1.79. The fraction of sp³-hybridized carbons (Fsp3) is 0.312. The van der Waals surface area contributed by atoms with E-state index in [1.807, 2.05) is 0 Å². The number of carboxylic acid groups (broad SMARTS) is 1. The molecule has 0 bridgehead atoms. The number of aliphatic carboxylic acids is 1. The molecule has 0 aliphatic carbocycles. The molecule has 25 heavy (non-hydrogen) atoms. The van der Waals surface area contributed by atoms with Gasteiger partial charge in [-0.25, -0.2) is 9.78 Å². The third-order valence-corrected chi connectivity index (χ3v) is 4.18. The van der Waals surface area contributed by atoms with Crippen molar-refractivity contribution in [1.82, 2.24) is 20.2 Å². The zero-order valence-electron chi connectivity index (χ0n) is 13.5. The highest BCUT2D eigenvalue weighted by Crippen LogP contribution is 2.28. The number of rotatable bonds is 5. The number of carbonyl (C=O) groups is 3. The number of aromatic nitrogens is 2. The molecule has 0 aromatic carbocycles. The van der Waals surface area contributed by atoms with Crippen LogP contribution in [-0.2, 0) is 20.8 Å². The van der Waals surface area contributed by atoms with E-state index in [0.717, 1.165) is 0 Å². The molecule has 9 heteroatoms. The third kappa shape index (κ3) is 3.21. The number of nitrogens with zero attached hydrogens (tertiary/aromatic N) is 3. The number of carbonyl (C=O) groups excluding carboxylic acids is 2. The van der Waals surface area contributed by atoms with E-state index >= 15 is 0 Å². The average Bonchev–Trinajstić information content (AvgIpc) is 3.07. The Morgan fingerprint density at radius 1 is 1.48 bits per heavy atom. The van der Waals surface area contributed by atoms with E-state index in [4.69, 9.17) is 0 Å². The number of aliphatic imine (C=N–C) groups is 1. The first kappa shape index (κ1) is 16.6. The van der Waals surface area contributed by atoms with Crippen molar-refractivity contribution < 1.29 is 19.5 Å². The number of H-pyrrole nitrogens is 1. The number of nitrogens with one attached hydrogen (secondary N) is 2. The van der Waals surface area contributed by atoms with Crippen LogP contribution in [0.15, 0.2) is 41.9 Å². The lowest BCUT2D eigenvalue weighted by atomic mass is 9.90. The second-order valence-electron chi connectivity index (χ2n) is 6.03. The minimum Gasteiger partial charge on any atom is -0.480 e. The number of hydrogen-bond donors (Lipinski definition) is 3. The molecule has 0 spiro atoms. The van der Waals surface area contributed by atoms with E-state index in [1.165, 1.54) is 12.5 Å². The molecule has 0 saturated carbocycles. The number of amides is 2. The van der Waals surface area contributed by atoms with Gasteiger partial charge in [-0.1, -0.05) is 6.08 Å². The summed E-state index contributed by atoms with van der Waals surface area (Å²) in [6.45, 7) is 1.59. The van der Waals surface area contributed by atoms with Crippen LogP contribution >= 0.6 is 0 Å². The molecule has 1 aromatic heterocycles. The maximum Gasteiger partial charge on any atom is 0.326 e. The maximum absolute atomic E-state index is 12.9. The molecule has 3 heterocycles. The SMILES string of the molecule is CC1(C(=O)NC(Cc2cnc[nH]2)C(=O)O)CC(=O)N=C2C=CC=CN21. The highest BCUT2D eigenvalue weighted by atomic mass is 16.4. The number of hydrogen-bond acceptors (Lipinski definition) is 5. The second-order valence-corrected chi connectivity index (χ2v) is 6.03. The quantitative estimate of drug-likeness (QED) is 0.690. The van der Waals surface area contributed by atoms with Crippen LogP contribution in [0.1, 0.15) is 19.0 Å². The molecule has 0 fully saturated rings. The van der Waals surface area contributed by atoms with Crippen LogP contribution in [-0.4, -0.2) is 55.2 Å². The Kier molecular flexibility index (Phi) is 4.22. The highest BCUT2D eigenvalue weighted by Gasteiger charge is 2.46. The molecule has 3 rings (SSSR count). The number of allylic oxidation sites excluding steroid dienone is 2. The van der Waals surface area contributed by atoms with Gasteiger partial charge in [-0.15, -0.1) is 0 Å². The number of aromatic amines is 1. The topological polar surface area (TPSA) is 128 Å². The lowest BCUT2D eigenvalue weighted by Crippen LogP contribution is -2.62. The molecule has 9 nitrogen and oxygen atoms in total. The van der Waals surface area contributed by atoms with Crippen molar-refractivity contribution in [2.24, 2.45) is 4.99 Å². The molecule has 2 unspecified atom stereocenters. The van der Waals surface area contributed by atoms with Crippen LogP contribution in [0.5, 0.6) is 0 Å². The third-order valence-electron chi connectivity index (χ3n) is 4.18. The largest absolute Gasteiger partial charge is 0.480 e. The van der Waals surface area contributed by atoms with Crippen molar-refractivity contribution in [3.05, 3.63) is 42.6 Å². The fourth-order valence-electron chi connectivity index (χ4n) is 2.81. The molecular weight excluding hydrogens is 326 g/mol. The molecule has 2 aliphatic heterocycles. The number of amidine groups is 1. The summed E-state index contributed by atoms with van der Waals surface area (Å²) in [5.41, 5.74) is -0.669. The van der Waals surface area contributed by atoms with E-state index < -0.39 is 29.4 Å². The normalized spacial score (nSPS) is 23.0. The summed E-state index contributed by atoms with van der Waals surface area (Å²) in [6, 6.07) is -1.15. The first-order chi connectivity index (χ1) is 11.9. The predicted molar refractivity (Wildman–Crippen MR) is 87.4 cm³/mol. The molecular formula is C16H17N5O4. The van der Waals surface area contributed by atoms with Gasteiger partial charge in [0.2, 0.25) is 5.91 Å². The van der Waals surface area contributed by atoms with E-state index in [-0.39, 0.29) is 12.8 Å². The molecule has 2 amide bonds. The Bertz CT molecular complexity index is 795. The van der Waals surface area contributed by atoms with Gasteiger partial charge in [-0.05, 0) is 19.1 Å². The van der Waals surface area contributed by atoms with Crippen LogP contribution in [0.2, 0.25) is 0 Å². The number of carboxylic acids is 1. The lowest BCUT2D eigenvalue weighted by molar-refractivity contribution is -0.144. The summed E-state index contributed by atoms with van der Waals surface area (Å²) in [5, 5.41) is 11.9. The highest BCUT2D eigenvalue weighted by molar-refractivity contribution is 6.09. The Morgan fingerprint density at radius 2 is 2.28 bits per heavy atom. The standard InChI is InChI=1S/C16H17N5O4/c1-16(7-13(22)20-12-4-2-3-5-21(12)16)15(25)19-11(14(23)24)6-10-8-17-9-18-10/h2-5,8-9,11H,6-7H2,1H3,(H,17,18)(H,19,25)(H,23,24). The van der Waals surface area contributed by atoms with Crippen LogP contribution in [0.3, 0.4) is 0 Å². The van der Waals surface area contributed by atoms with Crippen molar-refractivity contribution in [2.45, 2.75) is 31.3 Å². The molecule has 0 saturated heterocycles. The Hall–Kier alpha value is -3.23. The monoisotopic (exact) mass is 343 g/mol. The van der Waals surface area contributed by atoms with Gasteiger partial charge in [0.25, 0.3) is 5.91 Å². The fourth-order valence-corrected chi connectivity index (χ4v) is 2.81. The summed E-state index contributed by atoms with van der Waals surface area (Å²) in [4.78, 5) is 48.4. The van der Waals surface area contributed by atoms with E-state index in [9.17, 15) is 19.5 Å². The van der Waals surface area contributed by atoms with Crippen LogP contribution in [0.25, 0.3) is 0 Å². The van der Waals surface area contributed by atoms with Crippen molar-refractivity contribution in [3.8, 4) is 0 Å². The van der Waals surface area contributed by atoms with Gasteiger partial charge < -0.3 is 20.3 Å². The van der Waals surface area contributed by atoms with Gasteiger partial charge in [0.1, 0.15) is 17.4 Å². The zero-order chi connectivity index (χ0) is 18.0. The van der Waals surface area contributed by atoms with Gasteiger partial charge in [-0.3, -0.25) is 9.59 Å². The minimum absolute atomic E-state index is 0.0573. The van der Waals surface area contributed by atoms with Crippen LogP contribution in [0, 0.1) is 0 Å². The smallest absolute Gasteiger partial charge is 0.326 e. The van der Waals surface area contributed by atoms with Crippen LogP contribution in [0.4, 0.5) is 0 Å². The number of fused-ring (bicyclic) bond motifs is 1. The predicted octanol–water partition coefficient (Wildman–Crippen LogP) is -0.00540. The molecule has 2 atom stereocenters. The van der Waals surface area contributed by atoms with Gasteiger partial charge >= 0.3 is 5.97 Å². The first-order valence-electron chi connectivity index (χ1n) is 7.67. The second kappa shape index (κ2) is 6.34. The summed E-state index contributed by atoms with van der Waals surface area (Å²) in [6.07, 6.45) is 9.56. The summed E-state index contributed by atoms with van der Waals surface area (Å²) >= 11 is 0. The lowest BCUT2D eigenvalue weighted by Gasteiger charge is -2.42. The van der Waals surface area contributed by atoms with Gasteiger partial charge in [0.05, 0.1) is 12.7 Å². The van der Waals surface area contributed by atoms with Crippen molar-refractivity contribution in [3.63, 3.8) is 0 Å². The van der Waals surface area contributed by atoms with Crippen molar-refractivity contribution in [1.29, 1.82) is 0 Å². The number of imidazole rings is 1. The first-order valence-corrected chi connectivity index (χ1v) is 7.67. The van der Waals surface area contributed by atoms with E-state index in [0.29, 0.717) is 11.5 Å². The molecule has 0 radical (unpaired) electrons. The van der Waals surface area contributed by atoms with Crippen molar-refractivity contribution >= 4 is 23.6 Å². The summed E-state index contributed by atoms with van der Waals surface area (Å²) in [7, 11) is 0. The molecule has 130 valence electrons. The summed E-state index contributed by atoms with van der Waals surface area (Å²) < 4.78 is 0. The van der Waals surface area contributed by atoms with Crippen LogP contribution < -0.4 is 5.32 Å². The van der Waals surface area contributed by atoms with Gasteiger partial charge in [0, 0.05) is 24.5 Å². The Balaban J connectivity index is 1.82. The molecule has 2 aliphatic rings. The Labute approximate surface area is 143 Å². The molecule has 1 aromatic rings. The molecule has 3 N–H and O–H groups in total. The zero-order valence-corrected chi connectivity index (χ0v) is 13.5.